The van der Waals surface area contributed by atoms with Gasteiger partial charge in [-0.15, -0.1) is 0 Å². The molecule has 0 aliphatic carbocycles. The molecule has 27 heavy (non-hydrogen) atoms. The molecule has 0 saturated carbocycles. The van der Waals surface area contributed by atoms with Crippen molar-refractivity contribution < 1.29 is 14.3 Å². The van der Waals surface area contributed by atoms with E-state index in [4.69, 9.17) is 9.47 Å². The van der Waals surface area contributed by atoms with Gasteiger partial charge in [-0.3, -0.25) is 4.79 Å². The highest BCUT2D eigenvalue weighted by molar-refractivity contribution is 6.11. The van der Waals surface area contributed by atoms with Gasteiger partial charge in [0, 0.05) is 18.0 Å². The van der Waals surface area contributed by atoms with Gasteiger partial charge in [0.1, 0.15) is 5.56 Å². The molecule has 1 fully saturated rings. The maximum absolute atomic E-state index is 13.3. The third kappa shape index (κ3) is 2.48. The first-order valence-electron chi connectivity index (χ1n) is 9.30. The van der Waals surface area contributed by atoms with Crippen molar-refractivity contribution in [2.24, 2.45) is 12.5 Å². The second-order valence-corrected chi connectivity index (χ2v) is 8.72. The molecule has 2 heterocycles. The molecule has 0 amide bonds. The lowest BCUT2D eigenvalue weighted by Gasteiger charge is -2.66. The van der Waals surface area contributed by atoms with E-state index in [9.17, 15) is 4.79 Å². The Kier molecular flexibility index (Phi) is 4.31. The number of hydrogen-bond acceptors (Lipinski definition) is 4. The minimum Gasteiger partial charge on any atom is -0.481 e. The zero-order chi connectivity index (χ0) is 20.4. The molecule has 1 unspecified atom stereocenters. The van der Waals surface area contributed by atoms with Crippen molar-refractivity contribution in [1.29, 1.82) is 0 Å². The number of benzene rings is 1. The number of aromatic nitrogens is 2. The fourth-order valence-corrected chi connectivity index (χ4v) is 4.45. The van der Waals surface area contributed by atoms with Crippen LogP contribution in [0.2, 0.25) is 0 Å². The number of aryl methyl sites for hydroxylation is 2. The van der Waals surface area contributed by atoms with E-state index in [1.807, 2.05) is 19.1 Å². The lowest BCUT2D eigenvalue weighted by Crippen LogP contribution is -2.68. The summed E-state index contributed by atoms with van der Waals surface area (Å²) in [7, 11) is 3.31. The van der Waals surface area contributed by atoms with Gasteiger partial charge < -0.3 is 9.47 Å². The Labute approximate surface area is 161 Å². The van der Waals surface area contributed by atoms with E-state index in [1.54, 1.807) is 25.0 Å². The highest BCUT2D eigenvalue weighted by Gasteiger charge is 2.65. The minimum absolute atomic E-state index is 0.0802. The van der Waals surface area contributed by atoms with Crippen molar-refractivity contribution in [3.63, 3.8) is 0 Å². The molecule has 1 aromatic carbocycles. The molecule has 5 heteroatoms. The molecule has 1 saturated heterocycles. The Bertz CT molecular complexity index is 924. The van der Waals surface area contributed by atoms with Crippen LogP contribution in [-0.4, -0.2) is 28.3 Å². The predicted octanol–water partition coefficient (Wildman–Crippen LogP) is 4.33. The summed E-state index contributed by atoms with van der Waals surface area (Å²) in [5, 5.41) is 4.17. The number of methoxy groups -OCH3 is 1. The topological polar surface area (TPSA) is 53.4 Å². The summed E-state index contributed by atoms with van der Waals surface area (Å²) in [6.07, 6.45) is 1.56. The zero-order valence-corrected chi connectivity index (χ0v) is 17.9. The van der Waals surface area contributed by atoms with Crippen LogP contribution in [0.4, 0.5) is 0 Å². The molecule has 146 valence electrons. The van der Waals surface area contributed by atoms with Crippen LogP contribution < -0.4 is 4.74 Å². The fraction of sp³-hybridized carbons (Fsp3) is 0.545. The largest absolute Gasteiger partial charge is 0.481 e. The summed E-state index contributed by atoms with van der Waals surface area (Å²) >= 11 is 0. The monoisotopic (exact) mass is 370 g/mol. The second-order valence-electron chi connectivity index (χ2n) is 8.72. The maximum Gasteiger partial charge on any atom is 0.222 e. The van der Waals surface area contributed by atoms with E-state index in [2.05, 4.69) is 46.6 Å². The smallest absolute Gasteiger partial charge is 0.222 e. The maximum atomic E-state index is 13.3. The molecular weight excluding hydrogens is 340 g/mol. The summed E-state index contributed by atoms with van der Waals surface area (Å²) < 4.78 is 13.4. The van der Waals surface area contributed by atoms with Crippen LogP contribution in [0, 0.1) is 19.3 Å². The van der Waals surface area contributed by atoms with Gasteiger partial charge in [-0.05, 0) is 51.3 Å². The SMILES string of the molecule is COc1c(C(=O)c2ccc(C)c(C3(C)OC(C)(C)C3(C)C)c2C)cnn1C. The molecule has 0 radical (unpaired) electrons. The number of carbonyl (C=O) groups excluding carboxylic acids is 1. The Hall–Kier alpha value is -2.14. The van der Waals surface area contributed by atoms with Crippen LogP contribution in [0.25, 0.3) is 0 Å². The van der Waals surface area contributed by atoms with Gasteiger partial charge in [0.2, 0.25) is 5.88 Å². The third-order valence-corrected chi connectivity index (χ3v) is 6.87. The highest BCUT2D eigenvalue weighted by atomic mass is 16.6. The molecule has 5 nitrogen and oxygen atoms in total. The fourth-order valence-electron chi connectivity index (χ4n) is 4.45. The summed E-state index contributed by atoms with van der Waals surface area (Å²) in [5.41, 5.74) is 3.55. The van der Waals surface area contributed by atoms with Crippen LogP contribution in [0.15, 0.2) is 18.3 Å². The quantitative estimate of drug-likeness (QED) is 0.752. The first-order valence-corrected chi connectivity index (χ1v) is 9.30. The first-order chi connectivity index (χ1) is 12.4. The zero-order valence-electron chi connectivity index (χ0n) is 17.9. The third-order valence-electron chi connectivity index (χ3n) is 6.87. The van der Waals surface area contributed by atoms with Gasteiger partial charge in [0.25, 0.3) is 0 Å². The van der Waals surface area contributed by atoms with Crippen molar-refractivity contribution in [1.82, 2.24) is 9.78 Å². The first kappa shape index (κ1) is 19.6. The molecule has 1 aliphatic rings. The summed E-state index contributed by atoms with van der Waals surface area (Å²) in [6, 6.07) is 3.90. The van der Waals surface area contributed by atoms with Crippen LogP contribution in [-0.2, 0) is 17.4 Å². The highest BCUT2D eigenvalue weighted by Crippen LogP contribution is 2.62. The summed E-state index contributed by atoms with van der Waals surface area (Å²) in [4.78, 5) is 13.3. The van der Waals surface area contributed by atoms with Crippen molar-refractivity contribution >= 4 is 5.78 Å². The molecule has 0 bridgehead atoms. The standard InChI is InChI=1S/C22H30N2O3/c1-13-10-11-15(18(25)16-12-23-24(8)19(16)26-9)14(2)17(13)22(7)20(3,4)21(5,6)27-22/h10-12H,1-9H3. The molecule has 0 N–H and O–H groups in total. The average molecular weight is 370 g/mol. The number of nitrogens with zero attached hydrogens (tertiary/aromatic N) is 2. The molecule has 1 aromatic heterocycles. The number of ether oxygens (including phenoxy) is 2. The van der Waals surface area contributed by atoms with Crippen LogP contribution >= 0.6 is 0 Å². The van der Waals surface area contributed by atoms with Crippen LogP contribution in [0.5, 0.6) is 5.88 Å². The van der Waals surface area contributed by atoms with Crippen molar-refractivity contribution in [2.45, 2.75) is 59.7 Å². The van der Waals surface area contributed by atoms with Gasteiger partial charge >= 0.3 is 0 Å². The van der Waals surface area contributed by atoms with E-state index in [-0.39, 0.29) is 16.8 Å². The van der Waals surface area contributed by atoms with Gasteiger partial charge in [-0.2, -0.15) is 5.10 Å². The number of hydrogen-bond donors (Lipinski definition) is 0. The lowest BCUT2D eigenvalue weighted by molar-refractivity contribution is -0.356. The molecule has 0 spiro atoms. The Morgan fingerprint density at radius 1 is 1.11 bits per heavy atom. The normalized spacial score (nSPS) is 23.0. The molecule has 2 aromatic rings. The average Bonchev–Trinajstić information content (AvgIpc) is 2.94. The van der Waals surface area contributed by atoms with Gasteiger partial charge in [-0.1, -0.05) is 26.0 Å². The Morgan fingerprint density at radius 3 is 2.26 bits per heavy atom. The molecule has 1 aliphatic heterocycles. The van der Waals surface area contributed by atoms with Crippen molar-refractivity contribution in [3.8, 4) is 5.88 Å². The second kappa shape index (κ2) is 5.93. The molecule has 1 atom stereocenters. The van der Waals surface area contributed by atoms with Crippen molar-refractivity contribution in [3.05, 3.63) is 46.1 Å². The minimum atomic E-state index is -0.458. The van der Waals surface area contributed by atoms with E-state index in [0.717, 1.165) is 16.7 Å². The summed E-state index contributed by atoms with van der Waals surface area (Å²) in [5.74, 6) is 0.382. The van der Waals surface area contributed by atoms with Gasteiger partial charge in [-0.25, -0.2) is 4.68 Å². The lowest BCUT2D eigenvalue weighted by atomic mass is 9.56. The molecular formula is C22H30N2O3. The number of carbonyl (C=O) groups is 1. The van der Waals surface area contributed by atoms with Crippen LogP contribution in [0.1, 0.15) is 67.2 Å². The van der Waals surface area contributed by atoms with E-state index < -0.39 is 5.60 Å². The number of ketones is 1. The molecule has 3 rings (SSSR count). The summed E-state index contributed by atoms with van der Waals surface area (Å²) in [6.45, 7) is 14.9. The van der Waals surface area contributed by atoms with E-state index in [0.29, 0.717) is 17.0 Å². The van der Waals surface area contributed by atoms with Gasteiger partial charge in [0.05, 0.1) is 24.5 Å². The van der Waals surface area contributed by atoms with Crippen molar-refractivity contribution in [2.75, 3.05) is 7.11 Å². The van der Waals surface area contributed by atoms with E-state index >= 15 is 0 Å². The Balaban J connectivity index is 2.14. The van der Waals surface area contributed by atoms with Crippen LogP contribution in [0.3, 0.4) is 0 Å². The van der Waals surface area contributed by atoms with Gasteiger partial charge in [0.15, 0.2) is 5.78 Å². The Morgan fingerprint density at radius 2 is 1.74 bits per heavy atom. The number of rotatable bonds is 4. The van der Waals surface area contributed by atoms with E-state index in [1.165, 1.54) is 0 Å². The predicted molar refractivity (Wildman–Crippen MR) is 105 cm³/mol.